The standard InChI is InChI=1S/C19H19F5N8O3/c1-31(18(34)15-8-26-29-27-15)9-12(20)4-5-32-10-16(28-30-32)17(33)25-7-11-6-13(2-3-14(11)21)35-19(22,23)24/h2-3,6,8,10,12H,4-5,7,9H2,1H3,(H,25,33)(H,26,27,29). The predicted octanol–water partition coefficient (Wildman–Crippen LogP) is 1.86. The Labute approximate surface area is 194 Å². The maximum Gasteiger partial charge on any atom is 0.573 e. The van der Waals surface area contributed by atoms with Crippen LogP contribution in [-0.2, 0) is 13.1 Å². The highest BCUT2D eigenvalue weighted by atomic mass is 19.4. The van der Waals surface area contributed by atoms with Gasteiger partial charge in [0.05, 0.1) is 18.9 Å². The molecule has 35 heavy (non-hydrogen) atoms. The van der Waals surface area contributed by atoms with Crippen LogP contribution in [0.15, 0.2) is 30.6 Å². The second kappa shape index (κ2) is 10.9. The molecule has 0 aliphatic carbocycles. The summed E-state index contributed by atoms with van der Waals surface area (Å²) in [6.07, 6.45) is -3.89. The van der Waals surface area contributed by atoms with Crippen LogP contribution in [0.4, 0.5) is 22.0 Å². The molecule has 2 aromatic heterocycles. The number of carbonyl (C=O) groups excluding carboxylic acids is 2. The second-order valence-electron chi connectivity index (χ2n) is 7.28. The summed E-state index contributed by atoms with van der Waals surface area (Å²) in [5.41, 5.74) is -0.356. The summed E-state index contributed by atoms with van der Waals surface area (Å²) in [7, 11) is 1.41. The highest BCUT2D eigenvalue weighted by Gasteiger charge is 2.31. The summed E-state index contributed by atoms with van der Waals surface area (Å²) in [4.78, 5) is 25.4. The number of carbonyl (C=O) groups is 2. The van der Waals surface area contributed by atoms with Gasteiger partial charge in [-0.3, -0.25) is 19.4 Å². The molecule has 0 aliphatic rings. The van der Waals surface area contributed by atoms with Crippen molar-refractivity contribution in [1.29, 1.82) is 0 Å². The number of aromatic nitrogens is 6. The molecule has 1 unspecified atom stereocenters. The van der Waals surface area contributed by atoms with Gasteiger partial charge >= 0.3 is 6.36 Å². The molecular formula is C19H19F5N8O3. The van der Waals surface area contributed by atoms with Crippen LogP contribution in [0.2, 0.25) is 0 Å². The Kier molecular flexibility index (Phi) is 7.93. The maximum atomic E-state index is 14.3. The SMILES string of the molecule is CN(CC(F)CCn1cc(C(=O)NCc2cc(OC(F)(F)F)ccc2F)nn1)C(=O)c1c[nH]nn1. The number of aryl methyl sites for hydroxylation is 1. The first-order valence-electron chi connectivity index (χ1n) is 10.0. The number of H-pyrrole nitrogens is 1. The van der Waals surface area contributed by atoms with E-state index in [-0.39, 0.29) is 36.5 Å². The van der Waals surface area contributed by atoms with Gasteiger partial charge in [-0.05, 0) is 24.6 Å². The number of aromatic amines is 1. The lowest BCUT2D eigenvalue weighted by Crippen LogP contribution is -2.33. The van der Waals surface area contributed by atoms with Crippen molar-refractivity contribution in [2.75, 3.05) is 13.6 Å². The largest absolute Gasteiger partial charge is 0.573 e. The minimum atomic E-state index is -4.95. The monoisotopic (exact) mass is 502 g/mol. The van der Waals surface area contributed by atoms with Gasteiger partial charge in [0.25, 0.3) is 11.8 Å². The first-order chi connectivity index (χ1) is 16.5. The number of nitrogens with zero attached hydrogens (tertiary/aromatic N) is 6. The van der Waals surface area contributed by atoms with E-state index in [1.807, 2.05) is 0 Å². The number of hydrogen-bond acceptors (Lipinski definition) is 7. The van der Waals surface area contributed by atoms with Gasteiger partial charge in [0.1, 0.15) is 17.7 Å². The Balaban J connectivity index is 1.48. The molecule has 1 aromatic carbocycles. The zero-order valence-electron chi connectivity index (χ0n) is 18.1. The fourth-order valence-corrected chi connectivity index (χ4v) is 2.91. The van der Waals surface area contributed by atoms with E-state index in [0.29, 0.717) is 0 Å². The molecule has 0 saturated heterocycles. The van der Waals surface area contributed by atoms with E-state index in [2.05, 4.69) is 35.8 Å². The molecule has 2 N–H and O–H groups in total. The van der Waals surface area contributed by atoms with Crippen LogP contribution in [0, 0.1) is 5.82 Å². The summed E-state index contributed by atoms with van der Waals surface area (Å²) < 4.78 is 70.1. The smallest absolute Gasteiger partial charge is 0.406 e. The Morgan fingerprint density at radius 3 is 2.71 bits per heavy atom. The van der Waals surface area contributed by atoms with Crippen LogP contribution in [0.25, 0.3) is 0 Å². The Hall–Kier alpha value is -4.11. The number of rotatable bonds is 10. The molecule has 2 amide bonds. The number of benzene rings is 1. The normalized spacial score (nSPS) is 12.3. The molecular weight excluding hydrogens is 483 g/mol. The van der Waals surface area contributed by atoms with Crippen LogP contribution < -0.4 is 10.1 Å². The van der Waals surface area contributed by atoms with E-state index in [1.165, 1.54) is 24.1 Å². The fourth-order valence-electron chi connectivity index (χ4n) is 2.91. The van der Waals surface area contributed by atoms with Crippen molar-refractivity contribution in [3.8, 4) is 5.75 Å². The first kappa shape index (κ1) is 25.5. The van der Waals surface area contributed by atoms with Gasteiger partial charge in [0.2, 0.25) is 0 Å². The number of ether oxygens (including phenoxy) is 1. The molecule has 0 fully saturated rings. The van der Waals surface area contributed by atoms with Crippen LogP contribution in [0.1, 0.15) is 33.0 Å². The lowest BCUT2D eigenvalue weighted by molar-refractivity contribution is -0.274. The van der Waals surface area contributed by atoms with Crippen molar-refractivity contribution in [2.45, 2.75) is 32.0 Å². The first-order valence-corrected chi connectivity index (χ1v) is 10.0. The van der Waals surface area contributed by atoms with Gasteiger partial charge in [-0.15, -0.1) is 23.4 Å². The molecule has 0 radical (unpaired) electrons. The zero-order valence-corrected chi connectivity index (χ0v) is 18.1. The van der Waals surface area contributed by atoms with E-state index in [4.69, 9.17) is 0 Å². The van der Waals surface area contributed by atoms with Crippen molar-refractivity contribution < 1.29 is 36.3 Å². The van der Waals surface area contributed by atoms with E-state index >= 15 is 0 Å². The van der Waals surface area contributed by atoms with E-state index in [0.717, 1.165) is 23.1 Å². The molecule has 0 spiro atoms. The van der Waals surface area contributed by atoms with Crippen LogP contribution in [0.5, 0.6) is 5.75 Å². The molecule has 0 saturated carbocycles. The highest BCUT2D eigenvalue weighted by molar-refractivity contribution is 5.92. The summed E-state index contributed by atoms with van der Waals surface area (Å²) in [6.45, 7) is -0.611. The average Bonchev–Trinajstić information content (AvgIpc) is 3.48. The molecule has 2 heterocycles. The second-order valence-corrected chi connectivity index (χ2v) is 7.28. The molecule has 11 nitrogen and oxygen atoms in total. The minimum absolute atomic E-state index is 0.0406. The summed E-state index contributed by atoms with van der Waals surface area (Å²) in [5.74, 6) is -2.76. The summed E-state index contributed by atoms with van der Waals surface area (Å²) >= 11 is 0. The maximum absolute atomic E-state index is 14.3. The van der Waals surface area contributed by atoms with Crippen molar-refractivity contribution >= 4 is 11.8 Å². The van der Waals surface area contributed by atoms with Gasteiger partial charge in [0.15, 0.2) is 11.4 Å². The number of halogens is 5. The Morgan fingerprint density at radius 1 is 1.26 bits per heavy atom. The number of alkyl halides is 4. The van der Waals surface area contributed by atoms with Crippen LogP contribution >= 0.6 is 0 Å². The highest BCUT2D eigenvalue weighted by Crippen LogP contribution is 2.24. The molecule has 16 heteroatoms. The topological polar surface area (TPSA) is 131 Å². The fraction of sp³-hybridized carbons (Fsp3) is 0.368. The van der Waals surface area contributed by atoms with Crippen molar-refractivity contribution in [1.82, 2.24) is 40.6 Å². The van der Waals surface area contributed by atoms with Gasteiger partial charge in [0, 0.05) is 25.7 Å². The summed E-state index contributed by atoms with van der Waals surface area (Å²) in [5, 5.41) is 19.0. The van der Waals surface area contributed by atoms with E-state index < -0.39 is 42.5 Å². The molecule has 0 aliphatic heterocycles. The van der Waals surface area contributed by atoms with Crippen molar-refractivity contribution in [3.63, 3.8) is 0 Å². The van der Waals surface area contributed by atoms with Gasteiger partial charge in [-0.2, -0.15) is 0 Å². The lowest BCUT2D eigenvalue weighted by Gasteiger charge is -2.18. The van der Waals surface area contributed by atoms with Gasteiger partial charge in [-0.1, -0.05) is 10.4 Å². The van der Waals surface area contributed by atoms with Gasteiger partial charge in [-0.25, -0.2) is 8.78 Å². The van der Waals surface area contributed by atoms with Crippen molar-refractivity contribution in [3.05, 3.63) is 53.4 Å². The number of amides is 2. The number of hydrogen-bond donors (Lipinski definition) is 2. The third-order valence-corrected chi connectivity index (χ3v) is 4.59. The third-order valence-electron chi connectivity index (χ3n) is 4.59. The average molecular weight is 502 g/mol. The molecule has 3 rings (SSSR count). The Morgan fingerprint density at radius 2 is 2.03 bits per heavy atom. The van der Waals surface area contributed by atoms with Crippen LogP contribution in [0.3, 0.4) is 0 Å². The van der Waals surface area contributed by atoms with Gasteiger partial charge < -0.3 is 15.0 Å². The number of nitrogens with one attached hydrogen (secondary N) is 2. The summed E-state index contributed by atoms with van der Waals surface area (Å²) in [6, 6.07) is 2.40. The van der Waals surface area contributed by atoms with E-state index in [9.17, 15) is 31.5 Å². The minimum Gasteiger partial charge on any atom is -0.406 e. The quantitative estimate of drug-likeness (QED) is 0.405. The lowest BCUT2D eigenvalue weighted by atomic mass is 10.2. The van der Waals surface area contributed by atoms with Crippen LogP contribution in [-0.4, -0.2) is 73.2 Å². The third kappa shape index (κ3) is 7.44. The predicted molar refractivity (Wildman–Crippen MR) is 107 cm³/mol. The molecule has 188 valence electrons. The molecule has 1 atom stereocenters. The molecule has 3 aromatic rings. The molecule has 0 bridgehead atoms. The zero-order chi connectivity index (χ0) is 25.6. The van der Waals surface area contributed by atoms with E-state index in [1.54, 1.807) is 0 Å². The van der Waals surface area contributed by atoms with Crippen molar-refractivity contribution in [2.24, 2.45) is 0 Å². The Bertz CT molecular complexity index is 1150.